The fourth-order valence-electron chi connectivity index (χ4n) is 2.60. The van der Waals surface area contributed by atoms with Gasteiger partial charge in [-0.15, -0.1) is 4.58 Å². The summed E-state index contributed by atoms with van der Waals surface area (Å²) < 4.78 is 2.61. The molecule has 3 aromatic rings. The van der Waals surface area contributed by atoms with Gasteiger partial charge in [-0.2, -0.15) is 0 Å². The lowest BCUT2D eigenvalue weighted by molar-refractivity contribution is -0.333. The molecule has 0 saturated carbocycles. The highest BCUT2D eigenvalue weighted by molar-refractivity contribution is 7.21. The van der Waals surface area contributed by atoms with Crippen LogP contribution in [0.25, 0.3) is 10.2 Å². The molecule has 1 aromatic heterocycles. The Hall–Kier alpha value is -2.71. The monoisotopic (exact) mass is 335 g/mol. The van der Waals surface area contributed by atoms with E-state index < -0.39 is 0 Å². The molecule has 0 amide bonds. The van der Waals surface area contributed by atoms with Crippen molar-refractivity contribution in [2.75, 3.05) is 18.0 Å². The van der Waals surface area contributed by atoms with Crippen LogP contribution in [0.5, 0.6) is 0 Å². The lowest BCUT2D eigenvalue weighted by Gasteiger charge is -2.20. The third-order valence-electron chi connectivity index (χ3n) is 3.90. The second kappa shape index (κ2) is 7.24. The summed E-state index contributed by atoms with van der Waals surface area (Å²) >= 11 is 1.52. The van der Waals surface area contributed by atoms with Crippen molar-refractivity contribution >= 4 is 38.6 Å². The number of anilines is 1. The van der Waals surface area contributed by atoms with Crippen molar-refractivity contribution < 1.29 is 4.58 Å². The highest BCUT2D eigenvalue weighted by Crippen LogP contribution is 2.27. The van der Waals surface area contributed by atoms with E-state index >= 15 is 0 Å². The molecule has 5 heteroatoms. The lowest BCUT2D eigenvalue weighted by Crippen LogP contribution is -2.21. The fraction of sp³-hybridized carbons (Fsp3) is 0.211. The minimum absolute atomic E-state index is 0.687. The molecule has 2 aromatic carbocycles. The lowest BCUT2D eigenvalue weighted by atomic mass is 10.2. The molecule has 0 bridgehead atoms. The number of nitrogens with zero attached hydrogens (tertiary/aromatic N) is 4. The fourth-order valence-corrected chi connectivity index (χ4v) is 3.50. The smallest absolute Gasteiger partial charge is 0.372 e. The van der Waals surface area contributed by atoms with Gasteiger partial charge in [0.05, 0.1) is 10.9 Å². The first-order valence-electron chi connectivity index (χ1n) is 7.99. The van der Waals surface area contributed by atoms with Gasteiger partial charge in [0.1, 0.15) is 0 Å². The zero-order valence-electron chi connectivity index (χ0n) is 13.8. The summed E-state index contributed by atoms with van der Waals surface area (Å²) in [5.41, 5.74) is 3.09. The Labute approximate surface area is 145 Å². The van der Waals surface area contributed by atoms with Gasteiger partial charge in [-0.1, -0.05) is 40.6 Å². The maximum absolute atomic E-state index is 9.49. The average molecular weight is 335 g/mol. The standard InChI is InChI=1S/C19H19N4S/c1-3-22(4-2)16-11-9-15(10-12-16)13-23(14-20)19-21-17-7-5-6-8-18(17)24-19/h5-13H,3-4H2,1-2H3/q+1. The quantitative estimate of drug-likeness (QED) is 0.301. The normalized spacial score (nSPS) is 11.5. The third kappa shape index (κ3) is 3.29. The van der Waals surface area contributed by atoms with Gasteiger partial charge in [-0.25, -0.2) is 0 Å². The first kappa shape index (κ1) is 16.2. The number of nitriles is 1. The first-order chi connectivity index (χ1) is 11.7. The van der Waals surface area contributed by atoms with Gasteiger partial charge in [0.2, 0.25) is 0 Å². The second-order valence-corrected chi connectivity index (χ2v) is 6.34. The molecule has 0 atom stereocenters. The largest absolute Gasteiger partial charge is 0.376 e. The molecule has 0 aliphatic carbocycles. The molecule has 0 N–H and O–H groups in total. The topological polar surface area (TPSA) is 42.9 Å². The number of hydrogen-bond acceptors (Lipinski definition) is 4. The van der Waals surface area contributed by atoms with E-state index in [-0.39, 0.29) is 0 Å². The van der Waals surface area contributed by atoms with Crippen LogP contribution in [0.3, 0.4) is 0 Å². The van der Waals surface area contributed by atoms with Gasteiger partial charge in [-0.05, 0) is 38.1 Å². The van der Waals surface area contributed by atoms with Gasteiger partial charge in [0, 0.05) is 29.6 Å². The van der Waals surface area contributed by atoms with E-state index in [1.54, 1.807) is 0 Å². The molecule has 1 heterocycles. The number of thiazole rings is 1. The van der Waals surface area contributed by atoms with E-state index in [1.165, 1.54) is 21.6 Å². The van der Waals surface area contributed by atoms with Crippen LogP contribution in [0.15, 0.2) is 48.5 Å². The van der Waals surface area contributed by atoms with Gasteiger partial charge >= 0.3 is 11.3 Å². The molecule has 0 aliphatic rings. The van der Waals surface area contributed by atoms with Crippen molar-refractivity contribution in [1.82, 2.24) is 4.98 Å². The Bertz CT molecular complexity index is 866. The molecule has 0 aliphatic heterocycles. The van der Waals surface area contributed by atoms with E-state index in [0.29, 0.717) is 5.13 Å². The molecule has 0 radical (unpaired) electrons. The van der Waals surface area contributed by atoms with Gasteiger partial charge in [0.25, 0.3) is 0 Å². The van der Waals surface area contributed by atoms with Crippen LogP contribution in [0.2, 0.25) is 0 Å². The van der Waals surface area contributed by atoms with Crippen molar-refractivity contribution in [3.63, 3.8) is 0 Å². The predicted octanol–water partition coefficient (Wildman–Crippen LogP) is 4.39. The van der Waals surface area contributed by atoms with E-state index in [0.717, 1.165) is 28.9 Å². The molecular weight excluding hydrogens is 316 g/mol. The Morgan fingerprint density at radius 3 is 2.46 bits per heavy atom. The molecule has 3 rings (SSSR count). The van der Waals surface area contributed by atoms with Gasteiger partial charge < -0.3 is 4.90 Å². The third-order valence-corrected chi connectivity index (χ3v) is 4.93. The Kier molecular flexibility index (Phi) is 4.88. The first-order valence-corrected chi connectivity index (χ1v) is 8.81. The summed E-state index contributed by atoms with van der Waals surface area (Å²) in [6.07, 6.45) is 4.03. The summed E-state index contributed by atoms with van der Waals surface area (Å²) in [6.45, 7) is 6.26. The van der Waals surface area contributed by atoms with E-state index in [1.807, 2.05) is 42.6 Å². The highest BCUT2D eigenvalue weighted by atomic mass is 32.1. The Morgan fingerprint density at radius 1 is 1.12 bits per heavy atom. The molecule has 0 fully saturated rings. The van der Waals surface area contributed by atoms with Crippen LogP contribution in [-0.4, -0.2) is 28.9 Å². The molecule has 0 spiro atoms. The summed E-state index contributed by atoms with van der Waals surface area (Å²) in [4.78, 5) is 6.83. The zero-order valence-corrected chi connectivity index (χ0v) is 14.6. The van der Waals surface area contributed by atoms with E-state index in [2.05, 4.69) is 42.1 Å². The average Bonchev–Trinajstić information content (AvgIpc) is 3.06. The van der Waals surface area contributed by atoms with E-state index in [4.69, 9.17) is 0 Å². The number of para-hydroxylation sites is 1. The molecule has 24 heavy (non-hydrogen) atoms. The number of rotatable bonds is 5. The molecule has 120 valence electrons. The summed E-state index contributed by atoms with van der Waals surface area (Å²) in [5, 5.41) is 10.2. The van der Waals surface area contributed by atoms with Crippen LogP contribution in [-0.2, 0) is 0 Å². The SMILES string of the molecule is CCN(CC)c1ccc(/C=[N+](/C#N)c2nc3ccccc3s2)cc1. The van der Waals surface area contributed by atoms with Crippen molar-refractivity contribution in [2.45, 2.75) is 13.8 Å². The van der Waals surface area contributed by atoms with Crippen molar-refractivity contribution in [3.05, 3.63) is 54.1 Å². The molecule has 4 nitrogen and oxygen atoms in total. The van der Waals surface area contributed by atoms with Crippen LogP contribution < -0.4 is 4.90 Å². The minimum atomic E-state index is 0.687. The minimum Gasteiger partial charge on any atom is -0.372 e. The van der Waals surface area contributed by atoms with Gasteiger partial charge in [-0.3, -0.25) is 0 Å². The second-order valence-electron chi connectivity index (χ2n) is 5.33. The Balaban J connectivity index is 1.91. The van der Waals surface area contributed by atoms with Crippen molar-refractivity contribution in [2.24, 2.45) is 0 Å². The van der Waals surface area contributed by atoms with Crippen LogP contribution in [0.1, 0.15) is 19.4 Å². The van der Waals surface area contributed by atoms with Crippen molar-refractivity contribution in [3.8, 4) is 6.19 Å². The van der Waals surface area contributed by atoms with Crippen LogP contribution in [0.4, 0.5) is 10.8 Å². The molecular formula is C19H19N4S+. The summed E-state index contributed by atoms with van der Waals surface area (Å²) in [7, 11) is 0. The maximum Gasteiger partial charge on any atom is 0.376 e. The number of fused-ring (bicyclic) bond motifs is 1. The number of aromatic nitrogens is 1. The maximum atomic E-state index is 9.49. The molecule has 0 saturated heterocycles. The number of benzene rings is 2. The zero-order chi connectivity index (χ0) is 16.9. The summed E-state index contributed by atoms with van der Waals surface area (Å²) in [6, 6.07) is 16.2. The summed E-state index contributed by atoms with van der Waals surface area (Å²) in [5.74, 6) is 0. The number of hydrogen-bond donors (Lipinski definition) is 0. The van der Waals surface area contributed by atoms with Crippen molar-refractivity contribution in [1.29, 1.82) is 5.26 Å². The van der Waals surface area contributed by atoms with Gasteiger partial charge in [0.15, 0.2) is 5.52 Å². The predicted molar refractivity (Wildman–Crippen MR) is 100 cm³/mol. The van der Waals surface area contributed by atoms with E-state index in [9.17, 15) is 5.26 Å². The molecule has 0 unspecified atom stereocenters. The highest BCUT2D eigenvalue weighted by Gasteiger charge is 2.14. The van der Waals surface area contributed by atoms with Crippen LogP contribution in [0, 0.1) is 11.5 Å². The Morgan fingerprint density at radius 2 is 1.83 bits per heavy atom. The van der Waals surface area contributed by atoms with Crippen LogP contribution >= 0.6 is 11.3 Å².